The Morgan fingerprint density at radius 2 is 1.82 bits per heavy atom. The van der Waals surface area contributed by atoms with E-state index in [0.29, 0.717) is 6.61 Å². The highest BCUT2D eigenvalue weighted by molar-refractivity contribution is 6.74. The molecule has 1 rings (SSSR count). The Balaban J connectivity index is 2.97. The molecule has 0 aliphatic carbocycles. The normalized spacial score (nSPS) is 14.4. The van der Waals surface area contributed by atoms with Crippen LogP contribution in [-0.2, 0) is 25.3 Å². The second kappa shape index (κ2) is 10.7. The molecule has 0 aliphatic heterocycles. The molecule has 0 saturated carbocycles. The minimum absolute atomic E-state index is 0.00205. The molecule has 0 N–H and O–H groups in total. The van der Waals surface area contributed by atoms with Crippen molar-refractivity contribution in [2.75, 3.05) is 20.3 Å². The first-order chi connectivity index (χ1) is 13.0. The molecule has 0 heterocycles. The number of rotatable bonds is 11. The van der Waals surface area contributed by atoms with Gasteiger partial charge in [-0.3, -0.25) is 14.9 Å². The number of hydrogen-bond acceptors (Lipinski definition) is 6. The summed E-state index contributed by atoms with van der Waals surface area (Å²) in [5.41, 5.74) is 0.956. The highest BCUT2D eigenvalue weighted by Gasteiger charge is 2.39. The second-order valence-corrected chi connectivity index (χ2v) is 13.3. The third kappa shape index (κ3) is 8.08. The maximum Gasteiger partial charge on any atom is 0.306 e. The van der Waals surface area contributed by atoms with Crippen LogP contribution in [0, 0.1) is 16.0 Å². The lowest BCUT2D eigenvalue weighted by Crippen LogP contribution is -2.45. The first-order valence-corrected chi connectivity index (χ1v) is 12.3. The topological polar surface area (TPSA) is 87.9 Å². The SMILES string of the molecule is COC(=O)C[C@H](C[N+](=O)[O-])[C@H](CO[Si](C)(C)C(C)(C)C)OCc1ccccc1. The minimum Gasteiger partial charge on any atom is -0.469 e. The Kier molecular flexibility index (Phi) is 9.26. The third-order valence-electron chi connectivity index (χ3n) is 5.29. The van der Waals surface area contributed by atoms with E-state index in [9.17, 15) is 14.9 Å². The van der Waals surface area contributed by atoms with Crippen molar-refractivity contribution in [3.05, 3.63) is 46.0 Å². The summed E-state index contributed by atoms with van der Waals surface area (Å²) < 4.78 is 17.0. The van der Waals surface area contributed by atoms with Gasteiger partial charge in [-0.25, -0.2) is 0 Å². The van der Waals surface area contributed by atoms with Gasteiger partial charge in [0.25, 0.3) is 0 Å². The number of methoxy groups -OCH3 is 1. The maximum atomic E-state index is 11.8. The second-order valence-electron chi connectivity index (χ2n) is 8.46. The summed E-state index contributed by atoms with van der Waals surface area (Å²) in [6.45, 7) is 10.7. The Bertz CT molecular complexity index is 629. The van der Waals surface area contributed by atoms with Crippen molar-refractivity contribution in [3.63, 3.8) is 0 Å². The Morgan fingerprint density at radius 1 is 1.21 bits per heavy atom. The predicted molar refractivity (Wildman–Crippen MR) is 110 cm³/mol. The summed E-state index contributed by atoms with van der Waals surface area (Å²) in [5.74, 6) is -1.12. The van der Waals surface area contributed by atoms with Crippen LogP contribution in [0.5, 0.6) is 0 Å². The molecule has 28 heavy (non-hydrogen) atoms. The van der Waals surface area contributed by atoms with Gasteiger partial charge < -0.3 is 13.9 Å². The molecule has 0 fully saturated rings. The third-order valence-corrected chi connectivity index (χ3v) is 9.79. The number of nitro groups is 1. The van der Waals surface area contributed by atoms with Crippen LogP contribution < -0.4 is 0 Å². The van der Waals surface area contributed by atoms with Crippen LogP contribution in [0.3, 0.4) is 0 Å². The molecule has 0 saturated heterocycles. The van der Waals surface area contributed by atoms with Gasteiger partial charge in [0.1, 0.15) is 0 Å². The lowest BCUT2D eigenvalue weighted by atomic mass is 9.99. The van der Waals surface area contributed by atoms with Crippen molar-refractivity contribution in [2.45, 2.75) is 58.0 Å². The fourth-order valence-electron chi connectivity index (χ4n) is 2.41. The molecule has 8 heteroatoms. The number of benzene rings is 1. The Labute approximate surface area is 168 Å². The standard InChI is InChI=1S/C20H33NO6Si/c1-20(2,3)28(5,6)27-15-18(26-14-16-10-8-7-9-11-16)17(13-21(23)24)12-19(22)25-4/h7-11,17-18H,12-15H2,1-6H3/t17-,18+/m1/s1. The first kappa shape index (κ1) is 24.3. The molecule has 0 radical (unpaired) electrons. The van der Waals surface area contributed by atoms with Gasteiger partial charge in [0.2, 0.25) is 6.54 Å². The summed E-state index contributed by atoms with van der Waals surface area (Å²) in [4.78, 5) is 22.6. The van der Waals surface area contributed by atoms with Crippen molar-refractivity contribution in [1.29, 1.82) is 0 Å². The van der Waals surface area contributed by atoms with Gasteiger partial charge in [-0.05, 0) is 23.7 Å². The van der Waals surface area contributed by atoms with Crippen LogP contribution in [0.25, 0.3) is 0 Å². The van der Waals surface area contributed by atoms with E-state index in [4.69, 9.17) is 13.9 Å². The molecular formula is C20H33NO6Si. The van der Waals surface area contributed by atoms with Gasteiger partial charge in [0.15, 0.2) is 8.32 Å². The van der Waals surface area contributed by atoms with E-state index in [1.807, 2.05) is 30.3 Å². The summed E-state index contributed by atoms with van der Waals surface area (Å²) in [7, 11) is -0.801. The number of ether oxygens (including phenoxy) is 2. The monoisotopic (exact) mass is 411 g/mol. The number of carbonyl (C=O) groups excluding carboxylic acids is 1. The number of hydrogen-bond donors (Lipinski definition) is 0. The molecular weight excluding hydrogens is 378 g/mol. The molecule has 0 spiro atoms. The molecule has 0 bridgehead atoms. The molecule has 0 aliphatic rings. The highest BCUT2D eigenvalue weighted by atomic mass is 28.4. The summed E-state index contributed by atoms with van der Waals surface area (Å²) in [6.07, 6.45) is -0.670. The van der Waals surface area contributed by atoms with E-state index in [1.54, 1.807) is 0 Å². The van der Waals surface area contributed by atoms with Crippen LogP contribution in [0.2, 0.25) is 18.1 Å². The highest BCUT2D eigenvalue weighted by Crippen LogP contribution is 2.37. The van der Waals surface area contributed by atoms with Crippen LogP contribution >= 0.6 is 0 Å². The van der Waals surface area contributed by atoms with Crippen LogP contribution in [-0.4, -0.2) is 45.6 Å². The van der Waals surface area contributed by atoms with Crippen molar-refractivity contribution in [2.24, 2.45) is 5.92 Å². The van der Waals surface area contributed by atoms with Crippen molar-refractivity contribution in [3.8, 4) is 0 Å². The molecule has 7 nitrogen and oxygen atoms in total. The summed E-state index contributed by atoms with van der Waals surface area (Å²) in [6, 6.07) is 9.57. The van der Waals surface area contributed by atoms with Gasteiger partial charge in [-0.1, -0.05) is 51.1 Å². The average Bonchev–Trinajstić information content (AvgIpc) is 2.60. The zero-order chi connectivity index (χ0) is 21.4. The van der Waals surface area contributed by atoms with E-state index in [-0.39, 0.29) is 24.6 Å². The minimum atomic E-state index is -2.08. The largest absolute Gasteiger partial charge is 0.469 e. The Morgan fingerprint density at radius 3 is 2.32 bits per heavy atom. The van der Waals surface area contributed by atoms with Gasteiger partial charge >= 0.3 is 5.97 Å². The molecule has 1 aromatic carbocycles. The molecule has 1 aromatic rings. The first-order valence-electron chi connectivity index (χ1n) is 9.44. The zero-order valence-corrected chi connectivity index (χ0v) is 18.8. The Hall–Kier alpha value is -1.77. The number of carbonyl (C=O) groups is 1. The zero-order valence-electron chi connectivity index (χ0n) is 17.8. The number of esters is 1. The van der Waals surface area contributed by atoms with Gasteiger partial charge in [0.05, 0.1) is 38.8 Å². The quantitative estimate of drug-likeness (QED) is 0.236. The maximum absolute atomic E-state index is 11.8. The van der Waals surface area contributed by atoms with Crippen molar-refractivity contribution >= 4 is 14.3 Å². The lowest BCUT2D eigenvalue weighted by molar-refractivity contribution is -0.491. The number of nitrogens with zero attached hydrogens (tertiary/aromatic N) is 1. The van der Waals surface area contributed by atoms with Gasteiger partial charge in [-0.2, -0.15) is 0 Å². The predicted octanol–water partition coefficient (Wildman–Crippen LogP) is 4.05. The van der Waals surface area contributed by atoms with Crippen molar-refractivity contribution < 1.29 is 23.6 Å². The molecule has 158 valence electrons. The van der Waals surface area contributed by atoms with Crippen LogP contribution in [0.4, 0.5) is 0 Å². The average molecular weight is 412 g/mol. The summed E-state index contributed by atoms with van der Waals surface area (Å²) in [5, 5.41) is 11.2. The van der Waals surface area contributed by atoms with Gasteiger partial charge in [-0.15, -0.1) is 0 Å². The van der Waals surface area contributed by atoms with E-state index in [2.05, 4.69) is 33.9 Å². The molecule has 0 unspecified atom stereocenters. The smallest absolute Gasteiger partial charge is 0.306 e. The fraction of sp³-hybridized carbons (Fsp3) is 0.650. The molecule has 2 atom stereocenters. The molecule has 0 amide bonds. The van der Waals surface area contributed by atoms with Gasteiger partial charge in [0, 0.05) is 4.92 Å². The van der Waals surface area contributed by atoms with E-state index in [1.165, 1.54) is 7.11 Å². The van der Waals surface area contributed by atoms with Crippen molar-refractivity contribution in [1.82, 2.24) is 0 Å². The molecule has 0 aromatic heterocycles. The van der Waals surface area contributed by atoms with Crippen LogP contribution in [0.1, 0.15) is 32.8 Å². The fourth-order valence-corrected chi connectivity index (χ4v) is 3.42. The summed E-state index contributed by atoms with van der Waals surface area (Å²) >= 11 is 0. The lowest BCUT2D eigenvalue weighted by Gasteiger charge is -2.38. The van der Waals surface area contributed by atoms with Crippen LogP contribution in [0.15, 0.2) is 30.3 Å². The van der Waals surface area contributed by atoms with E-state index in [0.717, 1.165) is 5.56 Å². The van der Waals surface area contributed by atoms with E-state index < -0.39 is 31.2 Å². The van der Waals surface area contributed by atoms with E-state index >= 15 is 0 Å².